The summed E-state index contributed by atoms with van der Waals surface area (Å²) in [6, 6.07) is 7.56. The molecule has 4 rings (SSSR count). The van der Waals surface area contributed by atoms with Crippen LogP contribution in [0.2, 0.25) is 0 Å². The molecule has 0 saturated heterocycles. The number of nitrogens with zero attached hydrogens (tertiary/aromatic N) is 3. The van der Waals surface area contributed by atoms with Crippen molar-refractivity contribution in [3.63, 3.8) is 0 Å². The molecule has 8 nitrogen and oxygen atoms in total. The van der Waals surface area contributed by atoms with E-state index in [1.807, 2.05) is 12.1 Å². The van der Waals surface area contributed by atoms with Gasteiger partial charge >= 0.3 is 0 Å². The zero-order valence-corrected chi connectivity index (χ0v) is 16.3. The van der Waals surface area contributed by atoms with Crippen molar-refractivity contribution in [1.29, 1.82) is 0 Å². The van der Waals surface area contributed by atoms with E-state index in [4.69, 9.17) is 10.5 Å². The lowest BCUT2D eigenvalue weighted by atomic mass is 9.93. The number of nitrogen functional groups attached to an aromatic ring is 1. The van der Waals surface area contributed by atoms with Gasteiger partial charge in [-0.15, -0.1) is 0 Å². The summed E-state index contributed by atoms with van der Waals surface area (Å²) in [6.45, 7) is 0. The molecule has 3 aromatic rings. The van der Waals surface area contributed by atoms with Crippen LogP contribution < -0.4 is 21.1 Å². The molecule has 1 aliphatic carbocycles. The largest absolute Gasteiger partial charge is 0.488 e. The van der Waals surface area contributed by atoms with E-state index in [0.29, 0.717) is 23.0 Å². The number of nitrogens with two attached hydrogens (primary N) is 1. The SMILES string of the molecule is CNC(=O)c1ccc(NC2CCC(Oc3cc(N)cc4nccnc34)CC2)nc1. The fourth-order valence-corrected chi connectivity index (χ4v) is 3.62. The highest BCUT2D eigenvalue weighted by molar-refractivity contribution is 5.93. The van der Waals surface area contributed by atoms with Crippen LogP contribution in [0.25, 0.3) is 11.0 Å². The summed E-state index contributed by atoms with van der Waals surface area (Å²) < 4.78 is 6.23. The average molecular weight is 392 g/mol. The van der Waals surface area contributed by atoms with E-state index in [0.717, 1.165) is 42.5 Å². The first-order valence-electron chi connectivity index (χ1n) is 9.74. The van der Waals surface area contributed by atoms with Crippen molar-refractivity contribution in [1.82, 2.24) is 20.3 Å². The zero-order valence-electron chi connectivity index (χ0n) is 16.3. The highest BCUT2D eigenvalue weighted by atomic mass is 16.5. The number of hydrogen-bond donors (Lipinski definition) is 3. The Labute approximate surface area is 168 Å². The molecule has 0 atom stereocenters. The molecule has 1 amide bonds. The number of carbonyl (C=O) groups is 1. The van der Waals surface area contributed by atoms with Crippen LogP contribution in [-0.2, 0) is 0 Å². The summed E-state index contributed by atoms with van der Waals surface area (Å²) in [4.78, 5) is 24.6. The van der Waals surface area contributed by atoms with E-state index in [-0.39, 0.29) is 12.0 Å². The van der Waals surface area contributed by atoms with E-state index in [9.17, 15) is 4.79 Å². The topological polar surface area (TPSA) is 115 Å². The van der Waals surface area contributed by atoms with Crippen molar-refractivity contribution in [2.75, 3.05) is 18.1 Å². The first-order chi connectivity index (χ1) is 14.1. The Morgan fingerprint density at radius 1 is 1.10 bits per heavy atom. The molecular weight excluding hydrogens is 368 g/mol. The van der Waals surface area contributed by atoms with Gasteiger partial charge in [-0.3, -0.25) is 9.78 Å². The lowest BCUT2D eigenvalue weighted by Gasteiger charge is -2.30. The van der Waals surface area contributed by atoms with Crippen molar-refractivity contribution in [2.45, 2.75) is 37.8 Å². The highest BCUT2D eigenvalue weighted by Crippen LogP contribution is 2.30. The number of anilines is 2. The maximum absolute atomic E-state index is 11.6. The Balaban J connectivity index is 1.35. The van der Waals surface area contributed by atoms with Crippen LogP contribution in [0.15, 0.2) is 42.9 Å². The zero-order chi connectivity index (χ0) is 20.2. The summed E-state index contributed by atoms with van der Waals surface area (Å²) in [7, 11) is 1.61. The second kappa shape index (κ2) is 8.30. The standard InChI is InChI=1S/C21H24N6O2/c1-23-21(28)13-2-7-19(26-12-13)27-15-3-5-16(6-4-15)29-18-11-14(22)10-17-20(18)25-9-8-24-17/h2,7-12,15-16H,3-6,22H2,1H3,(H,23,28)(H,26,27). The fraction of sp³-hybridized carbons (Fsp3) is 0.333. The number of nitrogens with one attached hydrogen (secondary N) is 2. The number of amides is 1. The molecule has 8 heteroatoms. The first-order valence-corrected chi connectivity index (χ1v) is 9.74. The molecule has 0 unspecified atom stereocenters. The molecular formula is C21H24N6O2. The summed E-state index contributed by atoms with van der Waals surface area (Å²) >= 11 is 0. The number of ether oxygens (including phenoxy) is 1. The Kier molecular flexibility index (Phi) is 5.41. The Hall–Kier alpha value is -3.42. The normalized spacial score (nSPS) is 18.9. The van der Waals surface area contributed by atoms with Crippen molar-refractivity contribution in [3.05, 3.63) is 48.4 Å². The number of aromatic nitrogens is 3. The number of rotatable bonds is 5. The molecule has 0 spiro atoms. The smallest absolute Gasteiger partial charge is 0.252 e. The lowest BCUT2D eigenvalue weighted by Crippen LogP contribution is -2.31. The summed E-state index contributed by atoms with van der Waals surface area (Å²) in [5, 5.41) is 6.04. The Morgan fingerprint density at radius 2 is 1.90 bits per heavy atom. The number of benzene rings is 1. The fourth-order valence-electron chi connectivity index (χ4n) is 3.62. The van der Waals surface area contributed by atoms with Crippen molar-refractivity contribution in [2.24, 2.45) is 0 Å². The van der Waals surface area contributed by atoms with E-state index in [1.54, 1.807) is 37.8 Å². The van der Waals surface area contributed by atoms with Crippen LogP contribution in [0.5, 0.6) is 5.75 Å². The van der Waals surface area contributed by atoms with Gasteiger partial charge < -0.3 is 21.1 Å². The minimum atomic E-state index is -0.138. The maximum Gasteiger partial charge on any atom is 0.252 e. The maximum atomic E-state index is 11.6. The van der Waals surface area contributed by atoms with Crippen LogP contribution in [0.1, 0.15) is 36.0 Å². The van der Waals surface area contributed by atoms with Crippen molar-refractivity contribution < 1.29 is 9.53 Å². The monoisotopic (exact) mass is 392 g/mol. The van der Waals surface area contributed by atoms with Gasteiger partial charge in [0.2, 0.25) is 0 Å². The second-order valence-corrected chi connectivity index (χ2v) is 7.19. The molecule has 1 fully saturated rings. The molecule has 0 radical (unpaired) electrons. The molecule has 2 aromatic heterocycles. The van der Waals surface area contributed by atoms with Gasteiger partial charge in [0.25, 0.3) is 5.91 Å². The van der Waals surface area contributed by atoms with Gasteiger partial charge in [0, 0.05) is 43.4 Å². The average Bonchev–Trinajstić information content (AvgIpc) is 2.75. The van der Waals surface area contributed by atoms with E-state index in [1.165, 1.54) is 0 Å². The van der Waals surface area contributed by atoms with Crippen LogP contribution in [0.4, 0.5) is 11.5 Å². The van der Waals surface area contributed by atoms with Gasteiger partial charge in [-0.2, -0.15) is 0 Å². The van der Waals surface area contributed by atoms with Crippen LogP contribution in [0.3, 0.4) is 0 Å². The number of fused-ring (bicyclic) bond motifs is 1. The van der Waals surface area contributed by atoms with Crippen molar-refractivity contribution >= 4 is 28.4 Å². The molecule has 0 aliphatic heterocycles. The van der Waals surface area contributed by atoms with Crippen LogP contribution in [0, 0.1) is 0 Å². The predicted molar refractivity (Wildman–Crippen MR) is 112 cm³/mol. The minimum absolute atomic E-state index is 0.114. The quantitative estimate of drug-likeness (QED) is 0.572. The van der Waals surface area contributed by atoms with Crippen LogP contribution >= 0.6 is 0 Å². The predicted octanol–water partition coefficient (Wildman–Crippen LogP) is 2.77. The van der Waals surface area contributed by atoms with Crippen molar-refractivity contribution in [3.8, 4) is 5.75 Å². The molecule has 29 heavy (non-hydrogen) atoms. The molecule has 4 N–H and O–H groups in total. The van der Waals surface area contributed by atoms with Gasteiger partial charge in [0.05, 0.1) is 17.2 Å². The number of carbonyl (C=O) groups excluding carboxylic acids is 1. The number of pyridine rings is 1. The van der Waals surface area contributed by atoms with Gasteiger partial charge in [0.15, 0.2) is 0 Å². The molecule has 0 bridgehead atoms. The third-order valence-corrected chi connectivity index (χ3v) is 5.13. The Morgan fingerprint density at radius 3 is 2.62 bits per heavy atom. The van der Waals surface area contributed by atoms with E-state index in [2.05, 4.69) is 25.6 Å². The van der Waals surface area contributed by atoms with Gasteiger partial charge in [-0.05, 0) is 43.9 Å². The minimum Gasteiger partial charge on any atom is -0.488 e. The summed E-state index contributed by atoms with van der Waals surface area (Å²) in [5.74, 6) is 1.33. The third-order valence-electron chi connectivity index (χ3n) is 5.13. The molecule has 2 heterocycles. The van der Waals surface area contributed by atoms with Gasteiger partial charge in [-0.25, -0.2) is 9.97 Å². The van der Waals surface area contributed by atoms with E-state index < -0.39 is 0 Å². The third kappa shape index (κ3) is 4.37. The highest BCUT2D eigenvalue weighted by Gasteiger charge is 2.23. The summed E-state index contributed by atoms with van der Waals surface area (Å²) in [6.07, 6.45) is 8.79. The molecule has 1 aliphatic rings. The first kappa shape index (κ1) is 18.9. The summed E-state index contributed by atoms with van der Waals surface area (Å²) in [5.41, 5.74) is 8.63. The van der Waals surface area contributed by atoms with Gasteiger partial charge in [-0.1, -0.05) is 0 Å². The van der Waals surface area contributed by atoms with Gasteiger partial charge in [0.1, 0.15) is 17.1 Å². The molecule has 1 saturated carbocycles. The van der Waals surface area contributed by atoms with E-state index >= 15 is 0 Å². The molecule has 150 valence electrons. The number of hydrogen-bond acceptors (Lipinski definition) is 7. The van der Waals surface area contributed by atoms with Crippen LogP contribution in [-0.4, -0.2) is 40.1 Å². The molecule has 1 aromatic carbocycles. The second-order valence-electron chi connectivity index (χ2n) is 7.19. The Bertz CT molecular complexity index is 1000. The lowest BCUT2D eigenvalue weighted by molar-refractivity contribution is 0.0962.